The third kappa shape index (κ3) is 4.78. The third-order valence-electron chi connectivity index (χ3n) is 2.82. The molecule has 1 N–H and O–H groups in total. The van der Waals surface area contributed by atoms with Gasteiger partial charge in [-0.25, -0.2) is 0 Å². The van der Waals surface area contributed by atoms with Crippen molar-refractivity contribution in [3.63, 3.8) is 0 Å². The summed E-state index contributed by atoms with van der Waals surface area (Å²) in [6.07, 6.45) is 3.68. The molecule has 19 heavy (non-hydrogen) atoms. The number of ether oxygens (including phenoxy) is 1. The van der Waals surface area contributed by atoms with Gasteiger partial charge in [-0.15, -0.1) is 0 Å². The maximum atomic E-state index is 10.7. The lowest BCUT2D eigenvalue weighted by atomic mass is 9.97. The van der Waals surface area contributed by atoms with E-state index in [9.17, 15) is 4.79 Å². The fourth-order valence-corrected chi connectivity index (χ4v) is 2.00. The predicted molar refractivity (Wildman–Crippen MR) is 77.5 cm³/mol. The molecule has 0 saturated carbocycles. The van der Waals surface area contributed by atoms with E-state index in [4.69, 9.17) is 9.84 Å². The fourth-order valence-electron chi connectivity index (χ4n) is 2.00. The Kier molecular flexibility index (Phi) is 6.13. The monoisotopic (exact) mass is 262 g/mol. The predicted octanol–water partition coefficient (Wildman–Crippen LogP) is 4.05. The van der Waals surface area contributed by atoms with Crippen molar-refractivity contribution < 1.29 is 14.6 Å². The molecule has 0 aliphatic carbocycles. The summed E-state index contributed by atoms with van der Waals surface area (Å²) in [7, 11) is 0. The molecule has 0 bridgehead atoms. The fraction of sp³-hybridized carbons (Fsp3) is 0.438. The third-order valence-corrected chi connectivity index (χ3v) is 2.82. The van der Waals surface area contributed by atoms with Gasteiger partial charge in [0, 0.05) is 5.56 Å². The molecule has 0 fully saturated rings. The summed E-state index contributed by atoms with van der Waals surface area (Å²) >= 11 is 0. The number of carboxylic acid groups (broad SMARTS) is 1. The molecule has 0 aliphatic heterocycles. The number of aliphatic carboxylic acids is 1. The molecule has 0 saturated heterocycles. The van der Waals surface area contributed by atoms with Crippen LogP contribution in [0.2, 0.25) is 0 Å². The van der Waals surface area contributed by atoms with Gasteiger partial charge in [-0.3, -0.25) is 4.79 Å². The van der Waals surface area contributed by atoms with Gasteiger partial charge in [-0.1, -0.05) is 31.1 Å². The molecule has 104 valence electrons. The van der Waals surface area contributed by atoms with E-state index in [1.807, 2.05) is 26.0 Å². The average molecular weight is 262 g/mol. The molecular weight excluding hydrogens is 240 g/mol. The van der Waals surface area contributed by atoms with Gasteiger partial charge >= 0.3 is 5.97 Å². The first-order valence-electron chi connectivity index (χ1n) is 6.73. The molecule has 0 radical (unpaired) electrons. The molecule has 3 heteroatoms. The lowest BCUT2D eigenvalue weighted by molar-refractivity contribution is -0.135. The zero-order valence-electron chi connectivity index (χ0n) is 11.9. The second-order valence-electron chi connectivity index (χ2n) is 4.51. The Bertz CT molecular complexity index is 461. The number of hydrogen-bond donors (Lipinski definition) is 1. The summed E-state index contributed by atoms with van der Waals surface area (Å²) in [6, 6.07) is 6.03. The molecule has 0 heterocycles. The molecule has 1 aromatic carbocycles. The molecule has 0 aromatic heterocycles. The van der Waals surface area contributed by atoms with Crippen LogP contribution in [-0.4, -0.2) is 17.7 Å². The molecule has 0 spiro atoms. The highest BCUT2D eigenvalue weighted by atomic mass is 16.5. The minimum atomic E-state index is -0.806. The van der Waals surface area contributed by atoms with Crippen LogP contribution >= 0.6 is 0 Å². The van der Waals surface area contributed by atoms with Crippen LogP contribution in [0.15, 0.2) is 24.3 Å². The van der Waals surface area contributed by atoms with Crippen LogP contribution in [0.25, 0.3) is 5.57 Å². The van der Waals surface area contributed by atoms with Gasteiger partial charge in [0.2, 0.25) is 0 Å². The number of aryl methyl sites for hydroxylation is 1. The second kappa shape index (κ2) is 7.62. The first kappa shape index (κ1) is 15.3. The summed E-state index contributed by atoms with van der Waals surface area (Å²) < 4.78 is 5.64. The highest BCUT2D eigenvalue weighted by Crippen LogP contribution is 2.30. The van der Waals surface area contributed by atoms with E-state index in [0.29, 0.717) is 6.61 Å². The Balaban J connectivity index is 3.15. The number of allylic oxidation sites excluding steroid dienone is 1. The first-order valence-corrected chi connectivity index (χ1v) is 6.73. The quantitative estimate of drug-likeness (QED) is 0.806. The maximum absolute atomic E-state index is 10.7. The molecule has 0 atom stereocenters. The Morgan fingerprint density at radius 1 is 1.37 bits per heavy atom. The van der Waals surface area contributed by atoms with Gasteiger partial charge in [0.1, 0.15) is 5.75 Å². The lowest BCUT2D eigenvalue weighted by Crippen LogP contribution is -1.98. The summed E-state index contributed by atoms with van der Waals surface area (Å²) in [5, 5.41) is 8.83. The van der Waals surface area contributed by atoms with E-state index in [0.717, 1.165) is 35.3 Å². The molecule has 0 aliphatic rings. The van der Waals surface area contributed by atoms with Crippen LogP contribution < -0.4 is 4.74 Å². The Labute approximate surface area is 114 Å². The van der Waals surface area contributed by atoms with Gasteiger partial charge in [0.15, 0.2) is 0 Å². The Morgan fingerprint density at radius 2 is 2.11 bits per heavy atom. The summed E-state index contributed by atoms with van der Waals surface area (Å²) in [5.41, 5.74) is 3.22. The van der Waals surface area contributed by atoms with E-state index in [1.54, 1.807) is 6.08 Å². The molecule has 1 rings (SSSR count). The minimum Gasteiger partial charge on any atom is -0.493 e. The summed E-state index contributed by atoms with van der Waals surface area (Å²) in [5.74, 6) is 0.0254. The van der Waals surface area contributed by atoms with Crippen molar-refractivity contribution in [3.8, 4) is 5.75 Å². The highest BCUT2D eigenvalue weighted by Gasteiger charge is 2.09. The Hall–Kier alpha value is -1.77. The largest absolute Gasteiger partial charge is 0.493 e. The number of carbonyl (C=O) groups is 1. The van der Waals surface area contributed by atoms with E-state index >= 15 is 0 Å². The van der Waals surface area contributed by atoms with Crippen molar-refractivity contribution >= 4 is 11.5 Å². The van der Waals surface area contributed by atoms with Crippen LogP contribution in [0.3, 0.4) is 0 Å². The van der Waals surface area contributed by atoms with Crippen LogP contribution in [0.5, 0.6) is 5.75 Å². The van der Waals surface area contributed by atoms with Crippen molar-refractivity contribution in [1.29, 1.82) is 0 Å². The van der Waals surface area contributed by atoms with Crippen molar-refractivity contribution in [2.24, 2.45) is 0 Å². The average Bonchev–Trinajstić information content (AvgIpc) is 2.37. The number of carboxylic acids is 1. The smallest absolute Gasteiger partial charge is 0.307 e. The standard InChI is InChI=1S/C16H22O3/c1-4-6-13(8-10-16(17)18)14-11-12(3)7-9-15(14)19-5-2/h7-9,11H,4-6,10H2,1-3H3,(H,17,18)/b13-8+. The van der Waals surface area contributed by atoms with Crippen molar-refractivity contribution in [1.82, 2.24) is 0 Å². The molecule has 0 amide bonds. The second-order valence-corrected chi connectivity index (χ2v) is 4.51. The van der Waals surface area contributed by atoms with Crippen molar-refractivity contribution in [3.05, 3.63) is 35.4 Å². The SMILES string of the molecule is CCC/C(=C\CC(=O)O)c1cc(C)ccc1OCC. The molecule has 1 aromatic rings. The minimum absolute atomic E-state index is 0.0504. The van der Waals surface area contributed by atoms with Gasteiger partial charge < -0.3 is 9.84 Å². The lowest BCUT2D eigenvalue weighted by Gasteiger charge is -2.14. The van der Waals surface area contributed by atoms with Gasteiger partial charge in [-0.05, 0) is 38.0 Å². The number of hydrogen-bond acceptors (Lipinski definition) is 2. The van der Waals surface area contributed by atoms with Crippen molar-refractivity contribution in [2.45, 2.75) is 40.0 Å². The zero-order chi connectivity index (χ0) is 14.3. The first-order chi connectivity index (χ1) is 9.08. The summed E-state index contributed by atoms with van der Waals surface area (Å²) in [6.45, 7) is 6.67. The van der Waals surface area contributed by atoms with E-state index < -0.39 is 5.97 Å². The van der Waals surface area contributed by atoms with Crippen LogP contribution in [-0.2, 0) is 4.79 Å². The normalized spacial score (nSPS) is 11.4. The molecular formula is C16H22O3. The van der Waals surface area contributed by atoms with Crippen molar-refractivity contribution in [2.75, 3.05) is 6.61 Å². The van der Waals surface area contributed by atoms with Gasteiger partial charge in [0.05, 0.1) is 13.0 Å². The molecule has 3 nitrogen and oxygen atoms in total. The van der Waals surface area contributed by atoms with Crippen LogP contribution in [0.4, 0.5) is 0 Å². The van der Waals surface area contributed by atoms with Crippen LogP contribution in [0.1, 0.15) is 44.2 Å². The zero-order valence-corrected chi connectivity index (χ0v) is 11.9. The maximum Gasteiger partial charge on any atom is 0.307 e. The van der Waals surface area contributed by atoms with Gasteiger partial charge in [-0.2, -0.15) is 0 Å². The topological polar surface area (TPSA) is 46.5 Å². The van der Waals surface area contributed by atoms with Crippen LogP contribution in [0, 0.1) is 6.92 Å². The van der Waals surface area contributed by atoms with E-state index in [1.165, 1.54) is 0 Å². The highest BCUT2D eigenvalue weighted by molar-refractivity contribution is 5.76. The van der Waals surface area contributed by atoms with E-state index in [-0.39, 0.29) is 6.42 Å². The van der Waals surface area contributed by atoms with E-state index in [2.05, 4.69) is 13.0 Å². The van der Waals surface area contributed by atoms with Gasteiger partial charge in [0.25, 0.3) is 0 Å². The number of benzene rings is 1. The summed E-state index contributed by atoms with van der Waals surface area (Å²) in [4.78, 5) is 10.7. The Morgan fingerprint density at radius 3 is 2.68 bits per heavy atom. The molecule has 0 unspecified atom stereocenters. The number of rotatable bonds is 7.